The van der Waals surface area contributed by atoms with Crippen LogP contribution in [-0.2, 0) is 0 Å². The Balaban J connectivity index is 1.35. The zero-order chi connectivity index (χ0) is 13.5. The molecule has 1 aliphatic heterocycles. The molecule has 0 aromatic carbocycles. The van der Waals surface area contributed by atoms with Crippen LogP contribution in [0.15, 0.2) is 12.2 Å². The van der Waals surface area contributed by atoms with Crippen molar-refractivity contribution >= 4 is 0 Å². The molecule has 0 spiro atoms. The molecule has 1 atom stereocenters. The third-order valence-electron chi connectivity index (χ3n) is 6.64. The number of rotatable bonds is 3. The molecule has 5 aliphatic rings. The molecular formula is C18H30N2. The lowest BCUT2D eigenvalue weighted by Crippen LogP contribution is -2.49. The van der Waals surface area contributed by atoms with Gasteiger partial charge in [0.15, 0.2) is 0 Å². The first-order valence-electron chi connectivity index (χ1n) is 8.91. The van der Waals surface area contributed by atoms with Crippen molar-refractivity contribution in [2.24, 2.45) is 29.6 Å². The normalized spacial score (nSPS) is 48.2. The zero-order valence-electron chi connectivity index (χ0n) is 12.9. The highest BCUT2D eigenvalue weighted by atomic mass is 15.2. The third kappa shape index (κ3) is 2.46. The molecule has 4 saturated carbocycles. The second kappa shape index (κ2) is 5.46. The summed E-state index contributed by atoms with van der Waals surface area (Å²) in [5.74, 6) is 5.23. The Kier molecular flexibility index (Phi) is 3.64. The van der Waals surface area contributed by atoms with Crippen molar-refractivity contribution in [3.63, 3.8) is 0 Å². The van der Waals surface area contributed by atoms with Crippen LogP contribution in [0.4, 0.5) is 0 Å². The Morgan fingerprint density at radius 3 is 2.40 bits per heavy atom. The fraction of sp³-hybridized carbons (Fsp3) is 0.889. The predicted molar refractivity (Wildman–Crippen MR) is 83.6 cm³/mol. The standard InChI is InChI=1S/C18H30N2/c1-13-12-19-4-6-20(13)5-2-3-18-16-8-14-7-15(10-16)11-17(18)9-14/h2-3,13-19H,4-12H2,1H3/b3-2+. The van der Waals surface area contributed by atoms with Gasteiger partial charge in [-0.15, -0.1) is 0 Å². The lowest BCUT2D eigenvalue weighted by molar-refractivity contribution is -0.0163. The van der Waals surface area contributed by atoms with E-state index >= 15 is 0 Å². The maximum absolute atomic E-state index is 3.48. The molecule has 4 aliphatic carbocycles. The van der Waals surface area contributed by atoms with Gasteiger partial charge < -0.3 is 5.32 Å². The van der Waals surface area contributed by atoms with Crippen LogP contribution in [0.1, 0.15) is 39.0 Å². The first-order valence-corrected chi connectivity index (χ1v) is 8.91. The van der Waals surface area contributed by atoms with Crippen LogP contribution in [0.25, 0.3) is 0 Å². The highest BCUT2D eigenvalue weighted by molar-refractivity contribution is 5.06. The monoisotopic (exact) mass is 274 g/mol. The summed E-state index contributed by atoms with van der Waals surface area (Å²) in [6.45, 7) is 7.06. The summed E-state index contributed by atoms with van der Waals surface area (Å²) in [7, 11) is 0. The number of hydrogen-bond acceptors (Lipinski definition) is 2. The summed E-state index contributed by atoms with van der Waals surface area (Å²) in [5.41, 5.74) is 0. The molecule has 0 radical (unpaired) electrons. The highest BCUT2D eigenvalue weighted by Gasteiger charge is 2.46. The van der Waals surface area contributed by atoms with E-state index in [1.165, 1.54) is 13.1 Å². The number of nitrogens with one attached hydrogen (secondary N) is 1. The molecule has 2 heteroatoms. The average Bonchev–Trinajstić information content (AvgIpc) is 2.43. The van der Waals surface area contributed by atoms with Gasteiger partial charge in [0.2, 0.25) is 0 Å². The van der Waals surface area contributed by atoms with Gasteiger partial charge in [-0.2, -0.15) is 0 Å². The molecule has 20 heavy (non-hydrogen) atoms. The minimum absolute atomic E-state index is 0.701. The first kappa shape index (κ1) is 13.3. The third-order valence-corrected chi connectivity index (χ3v) is 6.64. The van der Waals surface area contributed by atoms with Gasteiger partial charge in [-0.3, -0.25) is 4.90 Å². The van der Waals surface area contributed by atoms with Gasteiger partial charge in [-0.1, -0.05) is 12.2 Å². The molecule has 2 nitrogen and oxygen atoms in total. The van der Waals surface area contributed by atoms with Gasteiger partial charge in [0.1, 0.15) is 0 Å². The fourth-order valence-corrected chi connectivity index (χ4v) is 5.79. The van der Waals surface area contributed by atoms with E-state index in [0.717, 1.165) is 42.7 Å². The maximum atomic E-state index is 3.48. The molecule has 1 heterocycles. The number of piperazine rings is 1. The molecule has 0 aromatic heterocycles. The topological polar surface area (TPSA) is 15.3 Å². The van der Waals surface area contributed by atoms with Crippen molar-refractivity contribution in [3.8, 4) is 0 Å². The van der Waals surface area contributed by atoms with E-state index in [2.05, 4.69) is 29.3 Å². The quantitative estimate of drug-likeness (QED) is 0.796. The minimum atomic E-state index is 0.701. The number of nitrogens with zero attached hydrogens (tertiary/aromatic N) is 1. The van der Waals surface area contributed by atoms with Crippen molar-refractivity contribution in [2.75, 3.05) is 26.2 Å². The Bertz CT molecular complexity index is 348. The van der Waals surface area contributed by atoms with Crippen molar-refractivity contribution < 1.29 is 0 Å². The second-order valence-electron chi connectivity index (χ2n) is 7.98. The molecule has 5 rings (SSSR count). The van der Waals surface area contributed by atoms with Gasteiger partial charge >= 0.3 is 0 Å². The van der Waals surface area contributed by atoms with Crippen molar-refractivity contribution in [2.45, 2.75) is 45.1 Å². The SMILES string of the molecule is CC1CNCCN1C/C=C/C1C2CC3CC(C2)CC1C3. The van der Waals surface area contributed by atoms with Crippen LogP contribution in [0.5, 0.6) is 0 Å². The van der Waals surface area contributed by atoms with Crippen molar-refractivity contribution in [1.29, 1.82) is 0 Å². The van der Waals surface area contributed by atoms with E-state index < -0.39 is 0 Å². The minimum Gasteiger partial charge on any atom is -0.314 e. The molecule has 0 amide bonds. The summed E-state index contributed by atoms with van der Waals surface area (Å²) < 4.78 is 0. The van der Waals surface area contributed by atoms with Gasteiger partial charge in [0, 0.05) is 32.2 Å². The smallest absolute Gasteiger partial charge is 0.0196 e. The first-order chi connectivity index (χ1) is 9.79. The molecule has 112 valence electrons. The fourth-order valence-electron chi connectivity index (χ4n) is 5.79. The summed E-state index contributed by atoms with van der Waals surface area (Å²) in [6, 6.07) is 0.701. The lowest BCUT2D eigenvalue weighted by atomic mass is 9.52. The van der Waals surface area contributed by atoms with E-state index in [0.29, 0.717) is 6.04 Å². The van der Waals surface area contributed by atoms with Crippen molar-refractivity contribution in [1.82, 2.24) is 10.2 Å². The Hall–Kier alpha value is -0.340. The maximum Gasteiger partial charge on any atom is 0.0196 e. The predicted octanol–water partition coefficient (Wildman–Crippen LogP) is 2.91. The summed E-state index contributed by atoms with van der Waals surface area (Å²) in [4.78, 5) is 2.63. The molecular weight excluding hydrogens is 244 g/mol. The van der Waals surface area contributed by atoms with Crippen LogP contribution in [0.2, 0.25) is 0 Å². The summed E-state index contributed by atoms with van der Waals surface area (Å²) in [5, 5.41) is 3.48. The van der Waals surface area contributed by atoms with Crippen LogP contribution < -0.4 is 5.32 Å². The highest BCUT2D eigenvalue weighted by Crippen LogP contribution is 2.56. The largest absolute Gasteiger partial charge is 0.314 e. The van der Waals surface area contributed by atoms with Crippen LogP contribution >= 0.6 is 0 Å². The van der Waals surface area contributed by atoms with E-state index in [1.54, 1.807) is 32.1 Å². The number of allylic oxidation sites excluding steroid dienone is 1. The van der Waals surface area contributed by atoms with Crippen LogP contribution in [0, 0.1) is 29.6 Å². The molecule has 1 N–H and O–H groups in total. The van der Waals surface area contributed by atoms with Crippen molar-refractivity contribution in [3.05, 3.63) is 12.2 Å². The van der Waals surface area contributed by atoms with Gasteiger partial charge in [-0.25, -0.2) is 0 Å². The Morgan fingerprint density at radius 2 is 1.75 bits per heavy atom. The van der Waals surface area contributed by atoms with Gasteiger partial charge in [0.05, 0.1) is 0 Å². The molecule has 4 bridgehead atoms. The molecule has 5 fully saturated rings. The lowest BCUT2D eigenvalue weighted by Gasteiger charge is -2.53. The summed E-state index contributed by atoms with van der Waals surface area (Å²) >= 11 is 0. The second-order valence-corrected chi connectivity index (χ2v) is 7.98. The zero-order valence-corrected chi connectivity index (χ0v) is 12.9. The molecule has 1 saturated heterocycles. The number of hydrogen-bond donors (Lipinski definition) is 1. The average molecular weight is 274 g/mol. The summed E-state index contributed by atoms with van der Waals surface area (Å²) in [6.07, 6.45) is 12.9. The van der Waals surface area contributed by atoms with E-state index in [4.69, 9.17) is 0 Å². The molecule has 0 aromatic rings. The van der Waals surface area contributed by atoms with E-state index in [1.807, 2.05) is 0 Å². The Morgan fingerprint density at radius 1 is 1.05 bits per heavy atom. The van der Waals surface area contributed by atoms with Crippen LogP contribution in [-0.4, -0.2) is 37.1 Å². The Labute approximate surface area is 124 Å². The van der Waals surface area contributed by atoms with Gasteiger partial charge in [-0.05, 0) is 68.6 Å². The molecule has 1 unspecified atom stereocenters. The van der Waals surface area contributed by atoms with E-state index in [9.17, 15) is 0 Å². The van der Waals surface area contributed by atoms with Gasteiger partial charge in [0.25, 0.3) is 0 Å². The van der Waals surface area contributed by atoms with E-state index in [-0.39, 0.29) is 0 Å². The van der Waals surface area contributed by atoms with Crippen LogP contribution in [0.3, 0.4) is 0 Å².